The van der Waals surface area contributed by atoms with E-state index >= 15 is 0 Å². The third kappa shape index (κ3) is 3.40. The molecule has 1 heterocycles. The Morgan fingerprint density at radius 2 is 1.77 bits per heavy atom. The van der Waals surface area contributed by atoms with Crippen molar-refractivity contribution in [3.8, 4) is 22.8 Å². The molecule has 2 rings (SSSR count). The highest BCUT2D eigenvalue weighted by Gasteiger charge is 2.19. The lowest BCUT2D eigenvalue weighted by atomic mass is 10.1. The minimum atomic E-state index is -0.264. The van der Waals surface area contributed by atoms with E-state index in [0.717, 1.165) is 0 Å². The Morgan fingerprint density at radius 3 is 2.23 bits per heavy atom. The number of aromatic nitrogens is 2. The summed E-state index contributed by atoms with van der Waals surface area (Å²) in [5, 5.41) is 3.07. The standard InChI is InChI=1S/C14H13Cl2N3O3/c1-7(20)18-11-6-17-13(14(16)19-11)12-9(21-2)4-8(15)5-10(12)22-3/h4-6H,1-3H3,(H,18,19,20). The molecular weight excluding hydrogens is 329 g/mol. The van der Waals surface area contributed by atoms with Crippen LogP contribution in [0.2, 0.25) is 10.2 Å². The Kier molecular flexibility index (Phi) is 5.05. The van der Waals surface area contributed by atoms with Gasteiger partial charge < -0.3 is 14.8 Å². The number of benzene rings is 1. The molecular formula is C14H13Cl2N3O3. The minimum absolute atomic E-state index is 0.102. The summed E-state index contributed by atoms with van der Waals surface area (Å²) in [5.74, 6) is 0.897. The van der Waals surface area contributed by atoms with Gasteiger partial charge in [-0.2, -0.15) is 0 Å². The molecule has 6 nitrogen and oxygen atoms in total. The van der Waals surface area contributed by atoms with Crippen LogP contribution in [0.15, 0.2) is 18.3 Å². The topological polar surface area (TPSA) is 73.3 Å². The zero-order valence-electron chi connectivity index (χ0n) is 12.1. The molecule has 2 aromatic rings. The van der Waals surface area contributed by atoms with Crippen LogP contribution in [-0.2, 0) is 4.79 Å². The van der Waals surface area contributed by atoms with E-state index in [-0.39, 0.29) is 16.9 Å². The van der Waals surface area contributed by atoms with Crippen LogP contribution in [0, 0.1) is 0 Å². The van der Waals surface area contributed by atoms with Crippen LogP contribution in [0.1, 0.15) is 6.92 Å². The van der Waals surface area contributed by atoms with Crippen LogP contribution in [0.4, 0.5) is 5.82 Å². The average molecular weight is 342 g/mol. The molecule has 0 spiro atoms. The molecule has 1 aromatic heterocycles. The summed E-state index contributed by atoms with van der Waals surface area (Å²) in [6.07, 6.45) is 1.40. The molecule has 22 heavy (non-hydrogen) atoms. The number of carbonyl (C=O) groups excluding carboxylic acids is 1. The lowest BCUT2D eigenvalue weighted by molar-refractivity contribution is -0.114. The molecule has 0 fully saturated rings. The van der Waals surface area contributed by atoms with Crippen LogP contribution in [0.3, 0.4) is 0 Å². The predicted molar refractivity (Wildman–Crippen MR) is 84.9 cm³/mol. The summed E-state index contributed by atoms with van der Waals surface area (Å²) in [6.45, 7) is 1.37. The van der Waals surface area contributed by atoms with Gasteiger partial charge in [0.2, 0.25) is 5.91 Å². The van der Waals surface area contributed by atoms with E-state index in [1.165, 1.54) is 27.3 Å². The van der Waals surface area contributed by atoms with Crippen molar-refractivity contribution < 1.29 is 14.3 Å². The Bertz CT molecular complexity index is 697. The van der Waals surface area contributed by atoms with Gasteiger partial charge in [0.05, 0.1) is 26.0 Å². The predicted octanol–water partition coefficient (Wildman–Crippen LogP) is 3.43. The van der Waals surface area contributed by atoms with Crippen molar-refractivity contribution in [3.05, 3.63) is 28.5 Å². The first-order valence-corrected chi connectivity index (χ1v) is 6.94. The molecule has 0 radical (unpaired) electrons. The number of rotatable bonds is 4. The molecule has 0 saturated carbocycles. The molecule has 0 bridgehead atoms. The Balaban J connectivity index is 2.58. The summed E-state index contributed by atoms with van der Waals surface area (Å²) in [4.78, 5) is 19.4. The fraction of sp³-hybridized carbons (Fsp3) is 0.214. The van der Waals surface area contributed by atoms with Crippen molar-refractivity contribution in [2.75, 3.05) is 19.5 Å². The Hall–Kier alpha value is -2.05. The number of ether oxygens (including phenoxy) is 2. The minimum Gasteiger partial charge on any atom is -0.496 e. The van der Waals surface area contributed by atoms with Crippen molar-refractivity contribution in [3.63, 3.8) is 0 Å². The summed E-state index contributed by atoms with van der Waals surface area (Å²) in [7, 11) is 3.00. The van der Waals surface area contributed by atoms with Gasteiger partial charge in [-0.1, -0.05) is 23.2 Å². The molecule has 1 amide bonds. The van der Waals surface area contributed by atoms with Gasteiger partial charge in [0.25, 0.3) is 0 Å². The van der Waals surface area contributed by atoms with E-state index in [1.807, 2.05) is 0 Å². The van der Waals surface area contributed by atoms with Crippen LogP contribution < -0.4 is 14.8 Å². The van der Waals surface area contributed by atoms with Gasteiger partial charge in [0.1, 0.15) is 17.2 Å². The first kappa shape index (κ1) is 16.3. The van der Waals surface area contributed by atoms with Crippen LogP contribution in [0.25, 0.3) is 11.3 Å². The molecule has 0 aliphatic carbocycles. The van der Waals surface area contributed by atoms with E-state index in [2.05, 4.69) is 15.3 Å². The quantitative estimate of drug-likeness (QED) is 0.922. The number of amides is 1. The SMILES string of the molecule is COc1cc(Cl)cc(OC)c1-c1ncc(NC(C)=O)nc1Cl. The van der Waals surface area contributed by atoms with Gasteiger partial charge in [0.15, 0.2) is 11.0 Å². The fourth-order valence-corrected chi connectivity index (χ4v) is 2.32. The molecule has 0 unspecified atom stereocenters. The smallest absolute Gasteiger partial charge is 0.222 e. The maximum Gasteiger partial charge on any atom is 0.222 e. The van der Waals surface area contributed by atoms with E-state index < -0.39 is 0 Å². The number of halogens is 2. The van der Waals surface area contributed by atoms with Crippen LogP contribution in [0.5, 0.6) is 11.5 Å². The second-order valence-electron chi connectivity index (χ2n) is 4.26. The Labute approximate surface area is 137 Å². The van der Waals surface area contributed by atoms with Gasteiger partial charge in [-0.3, -0.25) is 4.79 Å². The number of carbonyl (C=O) groups is 1. The number of nitrogens with one attached hydrogen (secondary N) is 1. The number of nitrogens with zero attached hydrogens (tertiary/aromatic N) is 2. The largest absolute Gasteiger partial charge is 0.496 e. The van der Waals surface area contributed by atoms with E-state index in [9.17, 15) is 4.79 Å². The van der Waals surface area contributed by atoms with Crippen LogP contribution >= 0.6 is 23.2 Å². The fourth-order valence-electron chi connectivity index (χ4n) is 1.89. The maximum atomic E-state index is 11.0. The third-order valence-corrected chi connectivity index (χ3v) is 3.22. The van der Waals surface area contributed by atoms with Gasteiger partial charge in [-0.25, -0.2) is 9.97 Å². The first-order chi connectivity index (χ1) is 10.5. The second kappa shape index (κ2) is 6.81. The zero-order valence-corrected chi connectivity index (χ0v) is 13.6. The van der Waals surface area contributed by atoms with Gasteiger partial charge >= 0.3 is 0 Å². The highest BCUT2D eigenvalue weighted by molar-refractivity contribution is 6.32. The summed E-state index contributed by atoms with van der Waals surface area (Å²) < 4.78 is 10.6. The molecule has 0 saturated heterocycles. The van der Waals surface area contributed by atoms with Crippen molar-refractivity contribution in [2.45, 2.75) is 6.92 Å². The van der Waals surface area contributed by atoms with Crippen molar-refractivity contribution in [2.24, 2.45) is 0 Å². The first-order valence-electron chi connectivity index (χ1n) is 6.18. The monoisotopic (exact) mass is 341 g/mol. The van der Waals surface area contributed by atoms with Gasteiger partial charge in [-0.15, -0.1) is 0 Å². The van der Waals surface area contributed by atoms with Gasteiger partial charge in [-0.05, 0) is 12.1 Å². The molecule has 0 aliphatic rings. The number of methoxy groups -OCH3 is 2. The molecule has 1 N–H and O–H groups in total. The van der Waals surface area contributed by atoms with Crippen molar-refractivity contribution in [1.29, 1.82) is 0 Å². The number of anilines is 1. The third-order valence-electron chi connectivity index (χ3n) is 2.74. The van der Waals surface area contributed by atoms with Crippen molar-refractivity contribution >= 4 is 34.9 Å². The zero-order chi connectivity index (χ0) is 16.3. The summed E-state index contributed by atoms with van der Waals surface area (Å²) in [6, 6.07) is 3.25. The van der Waals surface area contributed by atoms with Crippen LogP contribution in [-0.4, -0.2) is 30.1 Å². The average Bonchev–Trinajstić information content (AvgIpc) is 2.46. The van der Waals surface area contributed by atoms with E-state index in [0.29, 0.717) is 27.8 Å². The lowest BCUT2D eigenvalue weighted by Crippen LogP contribution is -2.08. The molecule has 0 aliphatic heterocycles. The molecule has 116 valence electrons. The Morgan fingerprint density at radius 1 is 1.18 bits per heavy atom. The van der Waals surface area contributed by atoms with E-state index in [4.69, 9.17) is 32.7 Å². The molecule has 1 aromatic carbocycles. The van der Waals surface area contributed by atoms with E-state index in [1.54, 1.807) is 12.1 Å². The highest BCUT2D eigenvalue weighted by atomic mass is 35.5. The maximum absolute atomic E-state index is 11.0. The van der Waals surface area contributed by atoms with Gasteiger partial charge in [0, 0.05) is 11.9 Å². The number of hydrogen-bond donors (Lipinski definition) is 1. The number of hydrogen-bond acceptors (Lipinski definition) is 5. The normalized spacial score (nSPS) is 10.2. The van der Waals surface area contributed by atoms with Crippen molar-refractivity contribution in [1.82, 2.24) is 9.97 Å². The second-order valence-corrected chi connectivity index (χ2v) is 5.06. The summed E-state index contributed by atoms with van der Waals surface area (Å²) >= 11 is 12.2. The molecule has 0 atom stereocenters. The highest BCUT2D eigenvalue weighted by Crippen LogP contribution is 2.42. The summed E-state index contributed by atoms with van der Waals surface area (Å²) in [5.41, 5.74) is 0.891. The lowest BCUT2D eigenvalue weighted by Gasteiger charge is -2.14. The molecule has 8 heteroatoms.